The Balaban J connectivity index is 1.59. The summed E-state index contributed by atoms with van der Waals surface area (Å²) >= 11 is 0. The van der Waals surface area contributed by atoms with E-state index in [9.17, 15) is 14.0 Å². The van der Waals surface area contributed by atoms with Crippen LogP contribution in [0.1, 0.15) is 96.0 Å². The maximum absolute atomic E-state index is 14.2. The molecule has 2 N–H and O–H groups in total. The monoisotopic (exact) mass is 657 g/mol. The van der Waals surface area contributed by atoms with Gasteiger partial charge in [0.15, 0.2) is 5.79 Å². The van der Waals surface area contributed by atoms with Crippen LogP contribution in [0.15, 0.2) is 48.5 Å². The highest BCUT2D eigenvalue weighted by atomic mass is 19.1. The molecule has 48 heavy (non-hydrogen) atoms. The molecule has 0 spiro atoms. The molecule has 8 nitrogen and oxygen atoms in total. The van der Waals surface area contributed by atoms with E-state index < -0.39 is 11.4 Å². The number of carbonyl (C=O) groups is 2. The summed E-state index contributed by atoms with van der Waals surface area (Å²) < 4.78 is 32.3. The average Bonchev–Trinajstić information content (AvgIpc) is 3.16. The van der Waals surface area contributed by atoms with Crippen molar-refractivity contribution in [2.75, 3.05) is 12.4 Å². The summed E-state index contributed by atoms with van der Waals surface area (Å²) in [6.07, 6.45) is 6.52. The number of fused-ring (bicyclic) bond motifs is 3. The summed E-state index contributed by atoms with van der Waals surface area (Å²) in [4.78, 5) is 30.1. The second-order valence-electron chi connectivity index (χ2n) is 14.4. The molecule has 0 bridgehead atoms. The summed E-state index contributed by atoms with van der Waals surface area (Å²) in [7, 11) is 1.59. The smallest absolute Gasteiger partial charge is 0.318 e. The van der Waals surface area contributed by atoms with Crippen LogP contribution in [0.3, 0.4) is 0 Å². The Hall–Kier alpha value is -4.08. The van der Waals surface area contributed by atoms with Gasteiger partial charge in [-0.3, -0.25) is 9.78 Å². The second-order valence-corrected chi connectivity index (χ2v) is 14.4. The molecule has 2 atom stereocenters. The quantitative estimate of drug-likeness (QED) is 0.247. The number of urea groups is 1. The van der Waals surface area contributed by atoms with Crippen molar-refractivity contribution in [3.05, 3.63) is 76.7 Å². The fraction of sp³-hybridized carbons (Fsp3) is 0.462. The highest BCUT2D eigenvalue weighted by Crippen LogP contribution is 2.43. The molecule has 0 radical (unpaired) electrons. The minimum absolute atomic E-state index is 0.0713. The van der Waals surface area contributed by atoms with Crippen LogP contribution in [0.25, 0.3) is 28.5 Å². The Labute approximate surface area is 283 Å². The van der Waals surface area contributed by atoms with Crippen LogP contribution in [0.2, 0.25) is 0 Å². The molecule has 1 aliphatic carbocycles. The fourth-order valence-electron chi connectivity index (χ4n) is 6.60. The number of nitrogens with zero attached hydrogens (tertiary/aromatic N) is 1. The van der Waals surface area contributed by atoms with E-state index in [1.54, 1.807) is 7.05 Å². The normalized spacial score (nSPS) is 19.0. The Kier molecular flexibility index (Phi) is 10.4. The van der Waals surface area contributed by atoms with E-state index in [-0.39, 0.29) is 42.4 Å². The topological polar surface area (TPSA) is 98.8 Å². The summed E-state index contributed by atoms with van der Waals surface area (Å²) in [6, 6.07) is 12.4. The first-order valence-corrected chi connectivity index (χ1v) is 16.8. The zero-order valence-electron chi connectivity index (χ0n) is 29.3. The highest BCUT2D eigenvalue weighted by Gasteiger charge is 2.36. The zero-order valence-corrected chi connectivity index (χ0v) is 29.3. The number of benzene rings is 2. The predicted octanol–water partition coefficient (Wildman–Crippen LogP) is 8.57. The molecule has 256 valence electrons. The van der Waals surface area contributed by atoms with Crippen LogP contribution in [0.5, 0.6) is 0 Å². The highest BCUT2D eigenvalue weighted by molar-refractivity contribution is 5.90. The maximum Gasteiger partial charge on any atom is 0.318 e. The van der Waals surface area contributed by atoms with Crippen molar-refractivity contribution < 1.29 is 28.2 Å². The molecular weight excluding hydrogens is 609 g/mol. The second kappa shape index (κ2) is 14.2. The van der Waals surface area contributed by atoms with Crippen molar-refractivity contribution >= 4 is 23.8 Å². The van der Waals surface area contributed by atoms with Crippen molar-refractivity contribution in [3.63, 3.8) is 0 Å². The van der Waals surface area contributed by atoms with Gasteiger partial charge in [-0.05, 0) is 106 Å². The molecule has 0 saturated carbocycles. The Morgan fingerprint density at radius 2 is 1.83 bits per heavy atom. The van der Waals surface area contributed by atoms with E-state index in [1.807, 2.05) is 71.0 Å². The number of esters is 1. The number of amides is 2. The molecule has 0 unspecified atom stereocenters. The number of aryl methyl sites for hydroxylation is 1. The van der Waals surface area contributed by atoms with Gasteiger partial charge in [0.2, 0.25) is 0 Å². The first-order valence-electron chi connectivity index (χ1n) is 16.8. The SMILES string of the molecule is CNC(=O)Nc1ccc2c(c1)CCCc1c-2nc(C(C)C)c(C=C[C@@H]2C[C@H](CC(=O)OC(C)(C)C)OC(C)(C)O2)c1-c1ccc(F)cc1. The number of aromatic nitrogens is 1. The summed E-state index contributed by atoms with van der Waals surface area (Å²) in [5.41, 5.74) is 8.13. The maximum atomic E-state index is 14.2. The first kappa shape index (κ1) is 35.2. The third-order valence-corrected chi connectivity index (χ3v) is 8.44. The van der Waals surface area contributed by atoms with Crippen LogP contribution >= 0.6 is 0 Å². The van der Waals surface area contributed by atoms with Crippen LogP contribution in [-0.4, -0.2) is 47.6 Å². The van der Waals surface area contributed by atoms with Crippen LogP contribution in [0, 0.1) is 5.82 Å². The molecule has 1 fully saturated rings. The van der Waals surface area contributed by atoms with Crippen molar-refractivity contribution in [2.24, 2.45) is 0 Å². The lowest BCUT2D eigenvalue weighted by Gasteiger charge is -2.40. The van der Waals surface area contributed by atoms with Gasteiger partial charge >= 0.3 is 12.0 Å². The average molecular weight is 658 g/mol. The van der Waals surface area contributed by atoms with Crippen LogP contribution in [0.4, 0.5) is 14.9 Å². The molecule has 2 amide bonds. The van der Waals surface area contributed by atoms with Gasteiger partial charge in [-0.25, -0.2) is 9.18 Å². The first-order chi connectivity index (χ1) is 22.6. The molecule has 9 heteroatoms. The summed E-state index contributed by atoms with van der Waals surface area (Å²) in [6.45, 7) is 13.5. The zero-order chi connectivity index (χ0) is 34.8. The van der Waals surface area contributed by atoms with Gasteiger partial charge < -0.3 is 24.8 Å². The number of nitrogens with one attached hydrogen (secondary N) is 2. The predicted molar refractivity (Wildman–Crippen MR) is 187 cm³/mol. The van der Waals surface area contributed by atoms with Crippen LogP contribution < -0.4 is 10.6 Å². The van der Waals surface area contributed by atoms with Crippen molar-refractivity contribution in [2.45, 2.75) is 110 Å². The standard InChI is InChI=1S/C39H48FN3O5/c1-23(2)35-32(19-17-28-21-29(47-39(6,7)46-28)22-33(44)48-38(3,4)5)34(24-12-14-26(40)15-13-24)31-11-9-10-25-20-27(42-37(45)41-8)16-18-30(25)36(31)43-35/h12-20,23,28-29H,9-11,21-22H2,1-8H3,(H2,41,42,45)/t28-,29-/m1/s1. The lowest BCUT2D eigenvalue weighted by Crippen LogP contribution is -2.45. The number of rotatable bonds is 7. The summed E-state index contributed by atoms with van der Waals surface area (Å²) in [5, 5.41) is 5.49. The summed E-state index contributed by atoms with van der Waals surface area (Å²) in [5.74, 6) is -1.43. The van der Waals surface area contributed by atoms with Crippen molar-refractivity contribution in [1.29, 1.82) is 0 Å². The lowest BCUT2D eigenvalue weighted by atomic mass is 9.86. The number of carbonyl (C=O) groups excluding carboxylic acids is 2. The van der Waals surface area contributed by atoms with E-state index in [0.29, 0.717) is 6.42 Å². The van der Waals surface area contributed by atoms with E-state index >= 15 is 0 Å². The number of ether oxygens (including phenoxy) is 3. The molecule has 3 aromatic rings. The molecule has 1 aromatic heterocycles. The number of anilines is 1. The van der Waals surface area contributed by atoms with Gasteiger partial charge in [0, 0.05) is 30.3 Å². The molecule has 5 rings (SSSR count). The third kappa shape index (κ3) is 8.49. The Morgan fingerprint density at radius 1 is 1.10 bits per heavy atom. The minimum Gasteiger partial charge on any atom is -0.460 e. The minimum atomic E-state index is -0.901. The van der Waals surface area contributed by atoms with Crippen LogP contribution in [-0.2, 0) is 31.8 Å². The van der Waals surface area contributed by atoms with Gasteiger partial charge in [0.1, 0.15) is 11.4 Å². The van der Waals surface area contributed by atoms with Gasteiger partial charge in [0.05, 0.1) is 30.0 Å². The van der Waals surface area contributed by atoms with E-state index in [1.165, 1.54) is 12.1 Å². The number of pyridine rings is 1. The third-order valence-electron chi connectivity index (χ3n) is 8.44. The fourth-order valence-corrected chi connectivity index (χ4v) is 6.60. The molecule has 2 aromatic carbocycles. The van der Waals surface area contributed by atoms with Crippen molar-refractivity contribution in [1.82, 2.24) is 10.3 Å². The number of halogens is 1. The number of hydrogen-bond donors (Lipinski definition) is 2. The molecule has 1 aliphatic heterocycles. The van der Waals surface area contributed by atoms with E-state index in [4.69, 9.17) is 19.2 Å². The van der Waals surface area contributed by atoms with Gasteiger partial charge in [-0.1, -0.05) is 44.2 Å². The van der Waals surface area contributed by atoms with E-state index in [0.717, 1.165) is 69.7 Å². The number of hydrogen-bond acceptors (Lipinski definition) is 6. The van der Waals surface area contributed by atoms with Gasteiger partial charge in [-0.2, -0.15) is 0 Å². The van der Waals surface area contributed by atoms with Gasteiger partial charge in [0.25, 0.3) is 0 Å². The van der Waals surface area contributed by atoms with Crippen molar-refractivity contribution in [3.8, 4) is 22.4 Å². The molecular formula is C39H48FN3O5. The molecule has 2 heterocycles. The molecule has 2 aliphatic rings. The molecule has 1 saturated heterocycles. The Bertz CT molecular complexity index is 1690. The largest absolute Gasteiger partial charge is 0.460 e. The van der Waals surface area contributed by atoms with Gasteiger partial charge in [-0.15, -0.1) is 0 Å². The Morgan fingerprint density at radius 3 is 2.50 bits per heavy atom. The lowest BCUT2D eigenvalue weighted by molar-refractivity contribution is -0.290. The van der Waals surface area contributed by atoms with E-state index in [2.05, 4.69) is 30.6 Å².